The van der Waals surface area contributed by atoms with Gasteiger partial charge in [0.15, 0.2) is 15.8 Å². The van der Waals surface area contributed by atoms with Crippen LogP contribution in [0.3, 0.4) is 0 Å². The van der Waals surface area contributed by atoms with Gasteiger partial charge in [0.1, 0.15) is 6.20 Å². The number of pyridine rings is 1. The summed E-state index contributed by atoms with van der Waals surface area (Å²) in [4.78, 5) is 29.1. The molecule has 0 saturated carbocycles. The number of ether oxygens (including phenoxy) is 2. The number of carbonyl (C=O) groups excluding carboxylic acids is 1. The molecule has 0 unspecified atom stereocenters. The molecule has 166 valence electrons. The van der Waals surface area contributed by atoms with Crippen LogP contribution >= 0.6 is 39.9 Å². The summed E-state index contributed by atoms with van der Waals surface area (Å²) >= 11 is 10.1. The molecular formula is C22H14BrN3O5S2. The summed E-state index contributed by atoms with van der Waals surface area (Å²) in [6, 6.07) is 15.2. The topological polar surface area (TPSA) is 94.8 Å². The Morgan fingerprint density at radius 2 is 2.00 bits per heavy atom. The van der Waals surface area contributed by atoms with Gasteiger partial charge >= 0.3 is 0 Å². The van der Waals surface area contributed by atoms with Crippen LogP contribution in [0, 0.1) is 10.1 Å². The molecule has 2 aromatic carbocycles. The number of anilines is 1. The normalized spacial score (nSPS) is 14.6. The maximum absolute atomic E-state index is 13.0. The van der Waals surface area contributed by atoms with E-state index in [4.69, 9.17) is 21.7 Å². The Morgan fingerprint density at radius 3 is 2.67 bits per heavy atom. The number of aromatic nitrogens is 1. The van der Waals surface area contributed by atoms with Gasteiger partial charge in [-0.2, -0.15) is 0 Å². The molecule has 0 bridgehead atoms. The number of nitrogens with zero attached hydrogens (tertiary/aromatic N) is 3. The lowest BCUT2D eigenvalue weighted by Gasteiger charge is -2.14. The maximum atomic E-state index is 13.0. The molecule has 33 heavy (non-hydrogen) atoms. The molecule has 2 heterocycles. The number of methoxy groups -OCH3 is 1. The van der Waals surface area contributed by atoms with Crippen LogP contribution < -0.4 is 14.4 Å². The fourth-order valence-corrected chi connectivity index (χ4v) is 4.65. The van der Waals surface area contributed by atoms with E-state index in [1.807, 2.05) is 24.3 Å². The molecular weight excluding hydrogens is 530 g/mol. The Kier molecular flexibility index (Phi) is 6.72. The number of hydrogen-bond acceptors (Lipinski definition) is 8. The van der Waals surface area contributed by atoms with Crippen LogP contribution in [0.25, 0.3) is 6.08 Å². The van der Waals surface area contributed by atoms with E-state index < -0.39 is 4.92 Å². The zero-order chi connectivity index (χ0) is 23.5. The average molecular weight is 544 g/mol. The minimum Gasteiger partial charge on any atom is -0.493 e. The van der Waals surface area contributed by atoms with Gasteiger partial charge in [-0.3, -0.25) is 19.8 Å². The molecule has 0 aliphatic carbocycles. The third-order valence-electron chi connectivity index (χ3n) is 4.49. The average Bonchev–Trinajstić information content (AvgIpc) is 3.07. The van der Waals surface area contributed by atoms with E-state index in [1.54, 1.807) is 24.3 Å². The van der Waals surface area contributed by atoms with Crippen molar-refractivity contribution in [1.29, 1.82) is 0 Å². The van der Waals surface area contributed by atoms with E-state index in [2.05, 4.69) is 20.9 Å². The molecule has 4 rings (SSSR count). The number of amides is 1. The summed E-state index contributed by atoms with van der Waals surface area (Å²) in [6.07, 6.45) is 2.84. The van der Waals surface area contributed by atoms with Crippen LogP contribution in [0.2, 0.25) is 0 Å². The van der Waals surface area contributed by atoms with Gasteiger partial charge in [0.25, 0.3) is 11.6 Å². The van der Waals surface area contributed by atoms with E-state index in [0.717, 1.165) is 10.7 Å². The van der Waals surface area contributed by atoms with Crippen LogP contribution in [0.4, 0.5) is 11.4 Å². The van der Waals surface area contributed by atoms with Crippen molar-refractivity contribution in [3.05, 3.63) is 85.8 Å². The highest BCUT2D eigenvalue weighted by molar-refractivity contribution is 9.10. The molecule has 1 amide bonds. The fraction of sp³-hybridized carbons (Fsp3) is 0.0455. The van der Waals surface area contributed by atoms with Crippen molar-refractivity contribution < 1.29 is 19.2 Å². The highest BCUT2D eigenvalue weighted by Gasteiger charge is 2.33. The third-order valence-corrected chi connectivity index (χ3v) is 6.29. The van der Waals surface area contributed by atoms with Gasteiger partial charge in [-0.05, 0) is 42.0 Å². The molecule has 1 aliphatic rings. The predicted octanol–water partition coefficient (Wildman–Crippen LogP) is 5.96. The van der Waals surface area contributed by atoms with Gasteiger partial charge in [-0.25, -0.2) is 4.98 Å². The van der Waals surface area contributed by atoms with Crippen LogP contribution in [0.15, 0.2) is 70.2 Å². The summed E-state index contributed by atoms with van der Waals surface area (Å²) < 4.78 is 12.4. The Bertz CT molecular complexity index is 1300. The summed E-state index contributed by atoms with van der Waals surface area (Å²) in [5, 5.41) is 10.8. The number of halogens is 1. The first-order valence-electron chi connectivity index (χ1n) is 9.35. The zero-order valence-corrected chi connectivity index (χ0v) is 20.1. The number of thiocarbonyl (C=S) groups is 1. The quantitative estimate of drug-likeness (QED) is 0.162. The van der Waals surface area contributed by atoms with Crippen molar-refractivity contribution in [3.8, 4) is 17.4 Å². The smallest absolute Gasteiger partial charge is 0.287 e. The molecule has 11 heteroatoms. The summed E-state index contributed by atoms with van der Waals surface area (Å²) in [5.74, 6) is 0.753. The van der Waals surface area contributed by atoms with Crippen molar-refractivity contribution >= 4 is 67.6 Å². The Labute approximate surface area is 206 Å². The van der Waals surface area contributed by atoms with E-state index in [1.165, 1.54) is 35.9 Å². The Hall–Kier alpha value is -3.28. The standard InChI is InChI=1S/C22H14BrN3O5S2/c1-30-18-9-13(5-7-17(18)31-20-8-6-16(12-24-20)26(28)29)10-19-21(27)25(22(32)33-19)15-4-2-3-14(23)11-15/h2-12H,1H3/b19-10+. The molecule has 1 saturated heterocycles. The molecule has 0 N–H and O–H groups in total. The van der Waals surface area contributed by atoms with Crippen LogP contribution in [0.5, 0.6) is 17.4 Å². The number of benzene rings is 2. The second-order valence-corrected chi connectivity index (χ2v) is 9.21. The van der Waals surface area contributed by atoms with Crippen molar-refractivity contribution in [2.24, 2.45) is 0 Å². The number of hydrogen-bond donors (Lipinski definition) is 0. The maximum Gasteiger partial charge on any atom is 0.287 e. The minimum absolute atomic E-state index is 0.134. The minimum atomic E-state index is -0.536. The monoisotopic (exact) mass is 543 g/mol. The molecule has 1 aliphatic heterocycles. The lowest BCUT2D eigenvalue weighted by Crippen LogP contribution is -2.27. The number of nitro groups is 1. The van der Waals surface area contributed by atoms with Gasteiger partial charge in [-0.15, -0.1) is 0 Å². The van der Waals surface area contributed by atoms with Crippen molar-refractivity contribution in [3.63, 3.8) is 0 Å². The van der Waals surface area contributed by atoms with Gasteiger partial charge < -0.3 is 9.47 Å². The lowest BCUT2D eigenvalue weighted by atomic mass is 10.2. The SMILES string of the molecule is COc1cc(/C=C2/SC(=S)N(c3cccc(Br)c3)C2=O)ccc1Oc1ccc([N+](=O)[O-])cn1. The van der Waals surface area contributed by atoms with Gasteiger partial charge in [-0.1, -0.05) is 52.0 Å². The van der Waals surface area contributed by atoms with Crippen LogP contribution in [-0.4, -0.2) is 27.2 Å². The van der Waals surface area contributed by atoms with E-state index >= 15 is 0 Å². The number of thioether (sulfide) groups is 1. The highest BCUT2D eigenvalue weighted by atomic mass is 79.9. The molecule has 1 aromatic heterocycles. The third kappa shape index (κ3) is 5.05. The largest absolute Gasteiger partial charge is 0.493 e. The van der Waals surface area contributed by atoms with Crippen LogP contribution in [-0.2, 0) is 4.79 Å². The van der Waals surface area contributed by atoms with E-state index in [-0.39, 0.29) is 17.5 Å². The molecule has 3 aromatic rings. The van der Waals surface area contributed by atoms with E-state index in [0.29, 0.717) is 32.0 Å². The first-order chi connectivity index (χ1) is 15.9. The van der Waals surface area contributed by atoms with Gasteiger partial charge in [0, 0.05) is 16.6 Å². The number of carbonyl (C=O) groups is 1. The Morgan fingerprint density at radius 1 is 1.18 bits per heavy atom. The molecule has 0 spiro atoms. The molecule has 1 fully saturated rings. The Balaban J connectivity index is 1.57. The highest BCUT2D eigenvalue weighted by Crippen LogP contribution is 2.38. The van der Waals surface area contributed by atoms with E-state index in [9.17, 15) is 14.9 Å². The second kappa shape index (κ2) is 9.69. The fourth-order valence-electron chi connectivity index (χ4n) is 2.97. The predicted molar refractivity (Wildman–Crippen MR) is 134 cm³/mol. The van der Waals surface area contributed by atoms with Gasteiger partial charge in [0.2, 0.25) is 5.88 Å². The lowest BCUT2D eigenvalue weighted by molar-refractivity contribution is -0.385. The van der Waals surface area contributed by atoms with Crippen molar-refractivity contribution in [2.45, 2.75) is 0 Å². The first-order valence-corrected chi connectivity index (χ1v) is 11.4. The number of rotatable bonds is 6. The van der Waals surface area contributed by atoms with Gasteiger partial charge in [0.05, 0.1) is 22.6 Å². The molecule has 0 radical (unpaired) electrons. The first kappa shape index (κ1) is 22.9. The summed E-state index contributed by atoms with van der Waals surface area (Å²) in [7, 11) is 1.49. The summed E-state index contributed by atoms with van der Waals surface area (Å²) in [5.41, 5.74) is 1.27. The molecule has 8 nitrogen and oxygen atoms in total. The van der Waals surface area contributed by atoms with Crippen LogP contribution in [0.1, 0.15) is 5.56 Å². The zero-order valence-electron chi connectivity index (χ0n) is 16.9. The van der Waals surface area contributed by atoms with Crippen molar-refractivity contribution in [1.82, 2.24) is 4.98 Å². The van der Waals surface area contributed by atoms with Crippen molar-refractivity contribution in [2.75, 3.05) is 12.0 Å². The second-order valence-electron chi connectivity index (χ2n) is 6.62. The molecule has 0 atom stereocenters. The summed E-state index contributed by atoms with van der Waals surface area (Å²) in [6.45, 7) is 0.